The monoisotopic (exact) mass is 559 g/mol. The van der Waals surface area contributed by atoms with Crippen molar-refractivity contribution in [3.05, 3.63) is 87.0 Å². The SMILES string of the molecule is CC1=CC(OCc2ncc(F)cc2F)=C(Cl)C(=O)[N+]1([O-])c1cc(N=C(/C=C(\N)C(C)(C)O)C2CC2)ncc1C. The van der Waals surface area contributed by atoms with Crippen LogP contribution in [0.5, 0.6) is 0 Å². The van der Waals surface area contributed by atoms with Gasteiger partial charge in [0, 0.05) is 54.2 Å². The number of hydrogen-bond acceptors (Lipinski definition) is 8. The molecule has 1 aliphatic heterocycles. The minimum absolute atomic E-state index is 0.0322. The number of nitrogens with zero attached hydrogens (tertiary/aromatic N) is 4. The Morgan fingerprint density at radius 3 is 2.62 bits per heavy atom. The number of aliphatic imine (C=N–C) groups is 1. The van der Waals surface area contributed by atoms with Crippen molar-refractivity contribution in [3.8, 4) is 0 Å². The molecule has 2 aromatic heterocycles. The summed E-state index contributed by atoms with van der Waals surface area (Å²) < 4.78 is 31.0. The van der Waals surface area contributed by atoms with Gasteiger partial charge in [-0.15, -0.1) is 0 Å². The third kappa shape index (κ3) is 5.91. The number of quaternary nitrogens is 1. The molecular formula is C27H28ClF2N5O4. The number of halogens is 3. The number of allylic oxidation sites excluding steroid dienone is 3. The fourth-order valence-electron chi connectivity index (χ4n) is 3.84. The number of aryl methyl sites for hydroxylation is 1. The van der Waals surface area contributed by atoms with Crippen molar-refractivity contribution < 1.29 is 23.4 Å². The number of rotatable bonds is 8. The Labute approximate surface area is 229 Å². The first-order chi connectivity index (χ1) is 18.2. The summed E-state index contributed by atoms with van der Waals surface area (Å²) in [5, 5.41) is 23.8. The third-order valence-electron chi connectivity index (χ3n) is 6.42. The number of pyridine rings is 2. The van der Waals surface area contributed by atoms with Crippen molar-refractivity contribution in [2.75, 3.05) is 0 Å². The quantitative estimate of drug-likeness (QED) is 0.262. The van der Waals surface area contributed by atoms with E-state index in [0.717, 1.165) is 19.0 Å². The topological polar surface area (TPSA) is 134 Å². The smallest absolute Gasteiger partial charge is 0.370 e. The maximum Gasteiger partial charge on any atom is 0.370 e. The molecule has 4 rings (SSSR count). The molecule has 1 amide bonds. The second kappa shape index (κ2) is 10.6. The molecule has 0 saturated heterocycles. The number of ether oxygens (including phenoxy) is 1. The van der Waals surface area contributed by atoms with Crippen molar-refractivity contribution in [1.82, 2.24) is 14.6 Å². The number of aromatic nitrogens is 2. The zero-order chi connectivity index (χ0) is 28.7. The number of aliphatic hydroxyl groups is 1. The molecular weight excluding hydrogens is 532 g/mol. The molecule has 2 aliphatic rings. The largest absolute Gasteiger partial charge is 0.614 e. The summed E-state index contributed by atoms with van der Waals surface area (Å²) in [5.41, 5.74) is 5.96. The van der Waals surface area contributed by atoms with Crippen molar-refractivity contribution in [1.29, 1.82) is 0 Å². The molecule has 12 heteroatoms. The second-order valence-corrected chi connectivity index (χ2v) is 10.4. The first kappa shape index (κ1) is 28.5. The highest BCUT2D eigenvalue weighted by Crippen LogP contribution is 2.40. The molecule has 1 fully saturated rings. The van der Waals surface area contributed by atoms with Crippen LogP contribution in [0.15, 0.2) is 63.9 Å². The maximum atomic E-state index is 14.1. The minimum atomic E-state index is -1.54. The molecule has 0 radical (unpaired) electrons. The normalized spacial score (nSPS) is 20.8. The van der Waals surface area contributed by atoms with E-state index in [1.54, 1.807) is 26.8 Å². The number of hydroxylamine groups is 2. The summed E-state index contributed by atoms with van der Waals surface area (Å²) >= 11 is 6.27. The van der Waals surface area contributed by atoms with Crippen LogP contribution in [0, 0.1) is 29.7 Å². The summed E-state index contributed by atoms with van der Waals surface area (Å²) in [6.45, 7) is 5.77. The number of carbonyl (C=O) groups is 1. The Bertz CT molecular complexity index is 1460. The van der Waals surface area contributed by atoms with Gasteiger partial charge in [0.1, 0.15) is 23.8 Å². The zero-order valence-electron chi connectivity index (χ0n) is 21.8. The lowest BCUT2D eigenvalue weighted by atomic mass is 10.0. The van der Waals surface area contributed by atoms with Gasteiger partial charge < -0.3 is 20.8 Å². The third-order valence-corrected chi connectivity index (χ3v) is 6.77. The van der Waals surface area contributed by atoms with E-state index in [1.165, 1.54) is 25.3 Å². The molecule has 1 aliphatic carbocycles. The van der Waals surface area contributed by atoms with Gasteiger partial charge in [0.2, 0.25) is 0 Å². The van der Waals surface area contributed by atoms with E-state index in [1.807, 2.05) is 0 Å². The minimum Gasteiger partial charge on any atom is -0.614 e. The lowest BCUT2D eigenvalue weighted by molar-refractivity contribution is -0.122. The molecule has 1 unspecified atom stereocenters. The van der Waals surface area contributed by atoms with Crippen LogP contribution in [0.3, 0.4) is 0 Å². The fourth-order valence-corrected chi connectivity index (χ4v) is 4.07. The first-order valence-electron chi connectivity index (χ1n) is 12.1. The summed E-state index contributed by atoms with van der Waals surface area (Å²) in [6.07, 6.45) is 6.97. The van der Waals surface area contributed by atoms with Gasteiger partial charge in [-0.3, -0.25) is 4.98 Å². The van der Waals surface area contributed by atoms with Gasteiger partial charge in [0.05, 0.1) is 11.8 Å². The molecule has 3 N–H and O–H groups in total. The van der Waals surface area contributed by atoms with Gasteiger partial charge in [-0.2, -0.15) is 0 Å². The molecule has 206 valence electrons. The van der Waals surface area contributed by atoms with Crippen LogP contribution in [0.2, 0.25) is 0 Å². The van der Waals surface area contributed by atoms with E-state index >= 15 is 0 Å². The van der Waals surface area contributed by atoms with Gasteiger partial charge in [0.15, 0.2) is 28.1 Å². The lowest BCUT2D eigenvalue weighted by Crippen LogP contribution is -2.49. The molecule has 1 saturated carbocycles. The number of hydrogen-bond donors (Lipinski definition) is 2. The van der Waals surface area contributed by atoms with Gasteiger partial charge in [0.25, 0.3) is 0 Å². The fraction of sp³-hybridized carbons (Fsp3) is 0.333. The van der Waals surface area contributed by atoms with Crippen LogP contribution in [-0.2, 0) is 16.1 Å². The highest BCUT2D eigenvalue weighted by Gasteiger charge is 2.42. The van der Waals surface area contributed by atoms with Crippen molar-refractivity contribution in [2.45, 2.75) is 52.7 Å². The van der Waals surface area contributed by atoms with E-state index in [2.05, 4.69) is 15.0 Å². The van der Waals surface area contributed by atoms with E-state index in [0.29, 0.717) is 17.3 Å². The van der Waals surface area contributed by atoms with Crippen molar-refractivity contribution >= 4 is 34.7 Å². The summed E-state index contributed by atoms with van der Waals surface area (Å²) in [4.78, 5) is 25.9. The zero-order valence-corrected chi connectivity index (χ0v) is 22.6. The molecule has 39 heavy (non-hydrogen) atoms. The molecule has 3 heterocycles. The van der Waals surface area contributed by atoms with Crippen molar-refractivity contribution in [2.24, 2.45) is 16.6 Å². The summed E-state index contributed by atoms with van der Waals surface area (Å²) in [6, 6.07) is 2.08. The van der Waals surface area contributed by atoms with Gasteiger partial charge >= 0.3 is 5.91 Å². The highest BCUT2D eigenvalue weighted by molar-refractivity contribution is 6.44. The average Bonchev–Trinajstić information content (AvgIpc) is 3.70. The predicted octanol–water partition coefficient (Wildman–Crippen LogP) is 5.08. The molecule has 0 spiro atoms. The number of carbonyl (C=O) groups excluding carboxylic acids is 1. The van der Waals surface area contributed by atoms with Gasteiger partial charge in [-0.25, -0.2) is 28.2 Å². The Balaban J connectivity index is 1.66. The van der Waals surface area contributed by atoms with Crippen LogP contribution in [0.25, 0.3) is 0 Å². The second-order valence-electron chi connectivity index (χ2n) is 10.0. The predicted molar refractivity (Wildman–Crippen MR) is 143 cm³/mol. The average molecular weight is 560 g/mol. The Kier molecular flexibility index (Phi) is 7.72. The Hall–Kier alpha value is -3.51. The van der Waals surface area contributed by atoms with Crippen LogP contribution < -0.4 is 10.4 Å². The van der Waals surface area contributed by atoms with E-state index in [4.69, 9.17) is 22.1 Å². The summed E-state index contributed by atoms with van der Waals surface area (Å²) in [7, 11) is 0. The van der Waals surface area contributed by atoms with E-state index in [-0.39, 0.29) is 40.3 Å². The standard InChI is InChI=1S/C27H28ClF2N5O4/c1-14-11-33-24(34-19(16-5-6-16)9-23(31)27(3,4)37)10-21(14)35(38)15(2)7-22(25(28)26(35)36)39-13-20-18(30)8-17(29)12-32-20/h7-12,16,37H,5-6,13,31H2,1-4H3/b23-9-,34-19?. The molecule has 9 nitrogen and oxygen atoms in total. The lowest BCUT2D eigenvalue weighted by Gasteiger charge is -2.41. The van der Waals surface area contributed by atoms with Crippen LogP contribution >= 0.6 is 11.6 Å². The van der Waals surface area contributed by atoms with Crippen LogP contribution in [0.4, 0.5) is 20.3 Å². The van der Waals surface area contributed by atoms with Gasteiger partial charge in [-0.05, 0) is 39.7 Å². The van der Waals surface area contributed by atoms with Crippen LogP contribution in [0.1, 0.15) is 44.9 Å². The number of amides is 1. The Morgan fingerprint density at radius 1 is 1.31 bits per heavy atom. The molecule has 2 aromatic rings. The summed E-state index contributed by atoms with van der Waals surface area (Å²) in [5.74, 6) is -2.59. The van der Waals surface area contributed by atoms with E-state index < -0.39 is 39.4 Å². The molecule has 0 aromatic carbocycles. The number of nitrogens with two attached hydrogens (primary N) is 1. The van der Waals surface area contributed by atoms with E-state index in [9.17, 15) is 23.9 Å². The van der Waals surface area contributed by atoms with Gasteiger partial charge in [-0.1, -0.05) is 11.6 Å². The first-order valence-corrected chi connectivity index (χ1v) is 12.5. The maximum absolute atomic E-state index is 14.1. The van der Waals surface area contributed by atoms with Crippen molar-refractivity contribution in [3.63, 3.8) is 0 Å². The Morgan fingerprint density at radius 2 is 2.00 bits per heavy atom. The molecule has 1 atom stereocenters. The molecule has 0 bridgehead atoms. The highest BCUT2D eigenvalue weighted by atomic mass is 35.5. The van der Waals surface area contributed by atoms with Crippen LogP contribution in [-0.4, -0.2) is 32.3 Å².